The first-order valence-corrected chi connectivity index (χ1v) is 6.81. The molecule has 0 aliphatic carbocycles. The van der Waals surface area contributed by atoms with Crippen LogP contribution in [0.2, 0.25) is 0 Å². The molecule has 1 fully saturated rings. The zero-order chi connectivity index (χ0) is 14.0. The second-order valence-electron chi connectivity index (χ2n) is 4.63. The topological polar surface area (TPSA) is 29.5 Å². The molecule has 1 unspecified atom stereocenters. The summed E-state index contributed by atoms with van der Waals surface area (Å²) in [5, 5.41) is 10.3. The monoisotopic (exact) mass is 338 g/mol. The van der Waals surface area contributed by atoms with Crippen LogP contribution in [0, 0.1) is 5.92 Å². The molecule has 1 aliphatic heterocycles. The predicted octanol–water partition coefficient (Wildman–Crippen LogP) is 3.93. The summed E-state index contributed by atoms with van der Waals surface area (Å²) < 4.78 is 43.8. The van der Waals surface area contributed by atoms with Crippen LogP contribution in [0.25, 0.3) is 0 Å². The minimum Gasteiger partial charge on any atom is -0.388 e. The van der Waals surface area contributed by atoms with Crippen molar-refractivity contribution in [3.63, 3.8) is 0 Å². The van der Waals surface area contributed by atoms with E-state index in [9.17, 15) is 18.3 Å². The Hall–Kier alpha value is -0.590. The summed E-state index contributed by atoms with van der Waals surface area (Å²) in [5.41, 5.74) is -0.446. The molecular weight excluding hydrogens is 325 g/mol. The van der Waals surface area contributed by atoms with E-state index in [0.29, 0.717) is 36.1 Å². The second-order valence-corrected chi connectivity index (χ2v) is 5.48. The number of ether oxygens (including phenoxy) is 1. The Kier molecular flexibility index (Phi) is 4.53. The summed E-state index contributed by atoms with van der Waals surface area (Å²) in [6.45, 7) is 1.08. The Bertz CT molecular complexity index is 442. The highest BCUT2D eigenvalue weighted by Gasteiger charge is 2.33. The molecule has 0 aromatic heterocycles. The highest BCUT2D eigenvalue weighted by atomic mass is 79.9. The van der Waals surface area contributed by atoms with Crippen molar-refractivity contribution in [2.24, 2.45) is 5.92 Å². The predicted molar refractivity (Wildman–Crippen MR) is 67.6 cm³/mol. The molecule has 0 bridgehead atoms. The standard InChI is InChI=1S/C13H14BrF3O2/c14-11-2-1-9(13(15,16)17)7-10(11)12(18)8-3-5-19-6-4-8/h1-2,7-8,12,18H,3-6H2. The lowest BCUT2D eigenvalue weighted by Gasteiger charge is -2.28. The summed E-state index contributed by atoms with van der Waals surface area (Å²) in [5.74, 6) is -0.0615. The van der Waals surface area contributed by atoms with Crippen molar-refractivity contribution in [3.8, 4) is 0 Å². The van der Waals surface area contributed by atoms with Crippen LogP contribution in [0.5, 0.6) is 0 Å². The van der Waals surface area contributed by atoms with Gasteiger partial charge in [0.25, 0.3) is 0 Å². The van der Waals surface area contributed by atoms with Crippen LogP contribution >= 0.6 is 15.9 Å². The summed E-state index contributed by atoms with van der Waals surface area (Å²) in [7, 11) is 0. The maximum atomic E-state index is 12.7. The van der Waals surface area contributed by atoms with Crippen molar-refractivity contribution in [2.45, 2.75) is 25.1 Å². The number of aliphatic hydroxyl groups is 1. The van der Waals surface area contributed by atoms with E-state index in [0.717, 1.165) is 12.1 Å². The molecule has 0 radical (unpaired) electrons. The van der Waals surface area contributed by atoms with Gasteiger partial charge in [0.2, 0.25) is 0 Å². The van der Waals surface area contributed by atoms with Crippen molar-refractivity contribution >= 4 is 15.9 Å². The van der Waals surface area contributed by atoms with Gasteiger partial charge in [-0.2, -0.15) is 13.2 Å². The van der Waals surface area contributed by atoms with Gasteiger partial charge < -0.3 is 9.84 Å². The fourth-order valence-electron chi connectivity index (χ4n) is 2.23. The van der Waals surface area contributed by atoms with Gasteiger partial charge in [-0.05, 0) is 42.5 Å². The number of benzene rings is 1. The Balaban J connectivity index is 2.27. The molecule has 2 nitrogen and oxygen atoms in total. The minimum absolute atomic E-state index is 0.0615. The van der Waals surface area contributed by atoms with E-state index in [4.69, 9.17) is 4.74 Å². The Morgan fingerprint density at radius 2 is 1.89 bits per heavy atom. The second kappa shape index (κ2) is 5.81. The van der Waals surface area contributed by atoms with Crippen LogP contribution in [-0.4, -0.2) is 18.3 Å². The number of alkyl halides is 3. The van der Waals surface area contributed by atoms with Crippen molar-refractivity contribution in [1.82, 2.24) is 0 Å². The van der Waals surface area contributed by atoms with Crippen LogP contribution in [0.1, 0.15) is 30.1 Å². The average Bonchev–Trinajstić information content (AvgIpc) is 2.38. The van der Waals surface area contributed by atoms with Crippen LogP contribution in [0.15, 0.2) is 22.7 Å². The third-order valence-corrected chi connectivity index (χ3v) is 4.08. The van der Waals surface area contributed by atoms with E-state index in [-0.39, 0.29) is 5.92 Å². The molecule has 106 valence electrons. The van der Waals surface area contributed by atoms with E-state index in [2.05, 4.69) is 15.9 Å². The smallest absolute Gasteiger partial charge is 0.388 e. The Morgan fingerprint density at radius 3 is 2.47 bits per heavy atom. The van der Waals surface area contributed by atoms with Crippen LogP contribution in [-0.2, 0) is 10.9 Å². The highest BCUT2D eigenvalue weighted by Crippen LogP contribution is 2.37. The van der Waals surface area contributed by atoms with Gasteiger partial charge in [-0.15, -0.1) is 0 Å². The minimum atomic E-state index is -4.40. The number of aliphatic hydroxyl groups excluding tert-OH is 1. The molecule has 1 aromatic rings. The highest BCUT2D eigenvalue weighted by molar-refractivity contribution is 9.10. The lowest BCUT2D eigenvalue weighted by atomic mass is 9.89. The zero-order valence-corrected chi connectivity index (χ0v) is 11.7. The van der Waals surface area contributed by atoms with Crippen LogP contribution in [0.3, 0.4) is 0 Å². The molecule has 2 rings (SSSR count). The lowest BCUT2D eigenvalue weighted by molar-refractivity contribution is -0.137. The lowest BCUT2D eigenvalue weighted by Crippen LogP contribution is -2.22. The van der Waals surface area contributed by atoms with Gasteiger partial charge in [0, 0.05) is 17.7 Å². The number of hydrogen-bond donors (Lipinski definition) is 1. The molecule has 19 heavy (non-hydrogen) atoms. The molecule has 1 heterocycles. The average molecular weight is 339 g/mol. The third-order valence-electron chi connectivity index (χ3n) is 3.35. The van der Waals surface area contributed by atoms with Gasteiger partial charge in [-0.25, -0.2) is 0 Å². The van der Waals surface area contributed by atoms with E-state index < -0.39 is 17.8 Å². The SMILES string of the molecule is OC(c1cc(C(F)(F)F)ccc1Br)C1CCOCC1. The van der Waals surface area contributed by atoms with Crippen molar-refractivity contribution in [1.29, 1.82) is 0 Å². The molecule has 1 aliphatic rings. The quantitative estimate of drug-likeness (QED) is 0.885. The molecular formula is C13H14BrF3O2. The van der Waals surface area contributed by atoms with Crippen LogP contribution < -0.4 is 0 Å². The van der Waals surface area contributed by atoms with Gasteiger partial charge in [0.05, 0.1) is 11.7 Å². The van der Waals surface area contributed by atoms with Crippen molar-refractivity contribution in [2.75, 3.05) is 13.2 Å². The van der Waals surface area contributed by atoms with E-state index in [1.807, 2.05) is 0 Å². The van der Waals surface area contributed by atoms with Crippen LogP contribution in [0.4, 0.5) is 13.2 Å². The molecule has 0 amide bonds. The maximum Gasteiger partial charge on any atom is 0.416 e. The van der Waals surface area contributed by atoms with Crippen molar-refractivity contribution in [3.05, 3.63) is 33.8 Å². The number of rotatable bonds is 2. The van der Waals surface area contributed by atoms with E-state index in [1.165, 1.54) is 6.07 Å². The molecule has 1 aromatic carbocycles. The number of hydrogen-bond acceptors (Lipinski definition) is 2. The van der Waals surface area contributed by atoms with Gasteiger partial charge in [0.1, 0.15) is 0 Å². The summed E-state index contributed by atoms with van der Waals surface area (Å²) in [4.78, 5) is 0. The fourth-order valence-corrected chi connectivity index (χ4v) is 2.71. The number of halogens is 4. The summed E-state index contributed by atoms with van der Waals surface area (Å²) in [6.07, 6.45) is -3.99. The molecule has 0 saturated carbocycles. The first-order chi connectivity index (χ1) is 8.89. The van der Waals surface area contributed by atoms with Crippen molar-refractivity contribution < 1.29 is 23.0 Å². The molecule has 1 atom stereocenters. The van der Waals surface area contributed by atoms with Gasteiger partial charge in [-0.3, -0.25) is 0 Å². The fraction of sp³-hybridized carbons (Fsp3) is 0.538. The third kappa shape index (κ3) is 3.49. The van der Waals surface area contributed by atoms with E-state index in [1.54, 1.807) is 0 Å². The zero-order valence-electron chi connectivity index (χ0n) is 10.1. The Labute approximate surface area is 117 Å². The maximum absolute atomic E-state index is 12.7. The van der Waals surface area contributed by atoms with Gasteiger partial charge in [-0.1, -0.05) is 15.9 Å². The molecule has 1 saturated heterocycles. The molecule has 1 N–H and O–H groups in total. The summed E-state index contributed by atoms with van der Waals surface area (Å²) >= 11 is 3.21. The van der Waals surface area contributed by atoms with Gasteiger partial charge >= 0.3 is 6.18 Å². The first kappa shape index (κ1) is 14.8. The summed E-state index contributed by atoms with van der Waals surface area (Å²) in [6, 6.07) is 3.36. The molecule has 0 spiro atoms. The molecule has 6 heteroatoms. The first-order valence-electron chi connectivity index (χ1n) is 6.02. The Morgan fingerprint density at radius 1 is 1.26 bits per heavy atom. The van der Waals surface area contributed by atoms with E-state index >= 15 is 0 Å². The normalized spacial score (nSPS) is 19.4. The van der Waals surface area contributed by atoms with Gasteiger partial charge in [0.15, 0.2) is 0 Å². The largest absolute Gasteiger partial charge is 0.416 e.